The van der Waals surface area contributed by atoms with E-state index in [0.717, 1.165) is 12.0 Å². The zero-order valence-electron chi connectivity index (χ0n) is 12.5. The maximum Gasteiger partial charge on any atom is 0.341 e. The van der Waals surface area contributed by atoms with Gasteiger partial charge in [-0.05, 0) is 29.8 Å². The number of carbonyl (C=O) groups excluding carboxylic acids is 1. The maximum absolute atomic E-state index is 12.3. The van der Waals surface area contributed by atoms with Crippen LogP contribution in [0.3, 0.4) is 0 Å². The van der Waals surface area contributed by atoms with Crippen molar-refractivity contribution >= 4 is 40.5 Å². The zero-order valence-corrected chi connectivity index (χ0v) is 14.1. The van der Waals surface area contributed by atoms with Crippen molar-refractivity contribution in [1.82, 2.24) is 0 Å². The van der Waals surface area contributed by atoms with E-state index in [1.807, 2.05) is 6.07 Å². The first-order valence-electron chi connectivity index (χ1n) is 7.18. The van der Waals surface area contributed by atoms with Gasteiger partial charge in [-0.1, -0.05) is 11.6 Å². The minimum absolute atomic E-state index is 0.218. The second-order valence-electron chi connectivity index (χ2n) is 5.14. The monoisotopic (exact) mass is 367 g/mol. The van der Waals surface area contributed by atoms with Crippen LogP contribution in [0.2, 0.25) is 5.02 Å². The van der Waals surface area contributed by atoms with Crippen molar-refractivity contribution in [3.8, 4) is 5.75 Å². The molecule has 1 aromatic carbocycles. The number of thiophene rings is 1. The van der Waals surface area contributed by atoms with Gasteiger partial charge in [-0.15, -0.1) is 11.3 Å². The Hall–Kier alpha value is -2.09. The van der Waals surface area contributed by atoms with Gasteiger partial charge >= 0.3 is 5.97 Å². The fourth-order valence-electron chi connectivity index (χ4n) is 2.29. The van der Waals surface area contributed by atoms with Gasteiger partial charge in [0.05, 0.1) is 23.1 Å². The van der Waals surface area contributed by atoms with Gasteiger partial charge in [-0.3, -0.25) is 4.79 Å². The predicted molar refractivity (Wildman–Crippen MR) is 90.2 cm³/mol. The van der Waals surface area contributed by atoms with Crippen molar-refractivity contribution in [2.24, 2.45) is 0 Å². The standard InChI is InChI=1S/C16H14ClNO5S/c17-11-6-10(1-2-12(11)23-8-15(19)20)18-16(21)14-5-9-7-22-4-3-13(9)24-14/h1-2,5-6H,3-4,7-8H2,(H,18,21)(H,19,20). The first-order chi connectivity index (χ1) is 11.5. The van der Waals surface area contributed by atoms with Crippen molar-refractivity contribution in [2.45, 2.75) is 13.0 Å². The summed E-state index contributed by atoms with van der Waals surface area (Å²) in [6.07, 6.45) is 0.828. The quantitative estimate of drug-likeness (QED) is 0.847. The molecule has 24 heavy (non-hydrogen) atoms. The van der Waals surface area contributed by atoms with E-state index in [2.05, 4.69) is 5.32 Å². The van der Waals surface area contributed by atoms with E-state index in [9.17, 15) is 9.59 Å². The zero-order chi connectivity index (χ0) is 17.1. The van der Waals surface area contributed by atoms with E-state index in [0.29, 0.717) is 23.8 Å². The largest absolute Gasteiger partial charge is 0.480 e. The third-order valence-corrected chi connectivity index (χ3v) is 4.92. The Bertz CT molecular complexity index is 765. The predicted octanol–water partition coefficient (Wildman–Crippen LogP) is 3.19. The maximum atomic E-state index is 12.3. The summed E-state index contributed by atoms with van der Waals surface area (Å²) in [5.74, 6) is -1.06. The number of carboxylic acids is 1. The summed E-state index contributed by atoms with van der Waals surface area (Å²) in [6, 6.07) is 6.50. The highest BCUT2D eigenvalue weighted by atomic mass is 35.5. The van der Waals surface area contributed by atoms with E-state index in [1.54, 1.807) is 6.07 Å². The van der Waals surface area contributed by atoms with E-state index in [1.165, 1.54) is 28.3 Å². The summed E-state index contributed by atoms with van der Waals surface area (Å²) in [7, 11) is 0. The van der Waals surface area contributed by atoms with Gasteiger partial charge in [0, 0.05) is 17.0 Å². The minimum Gasteiger partial charge on any atom is -0.480 e. The van der Waals surface area contributed by atoms with Gasteiger partial charge in [0.15, 0.2) is 6.61 Å². The molecular weight excluding hydrogens is 354 g/mol. The number of halogens is 1. The molecule has 3 rings (SSSR count). The third kappa shape index (κ3) is 3.87. The third-order valence-electron chi connectivity index (χ3n) is 3.39. The van der Waals surface area contributed by atoms with E-state index < -0.39 is 12.6 Å². The highest BCUT2D eigenvalue weighted by Crippen LogP contribution is 2.30. The number of hydrogen-bond donors (Lipinski definition) is 2. The van der Waals surface area contributed by atoms with Crippen molar-refractivity contribution in [2.75, 3.05) is 18.5 Å². The lowest BCUT2D eigenvalue weighted by atomic mass is 10.2. The van der Waals surface area contributed by atoms with Crippen LogP contribution in [0.25, 0.3) is 0 Å². The topological polar surface area (TPSA) is 84.9 Å². The highest BCUT2D eigenvalue weighted by Gasteiger charge is 2.18. The van der Waals surface area contributed by atoms with Gasteiger partial charge in [0.1, 0.15) is 5.75 Å². The molecule has 1 aromatic heterocycles. The summed E-state index contributed by atoms with van der Waals surface area (Å²) in [4.78, 5) is 24.7. The number of rotatable bonds is 5. The molecule has 0 saturated heterocycles. The Morgan fingerprint density at radius 2 is 2.21 bits per heavy atom. The van der Waals surface area contributed by atoms with Gasteiger partial charge in [-0.25, -0.2) is 4.79 Å². The highest BCUT2D eigenvalue weighted by molar-refractivity contribution is 7.14. The van der Waals surface area contributed by atoms with E-state index in [-0.39, 0.29) is 16.7 Å². The van der Waals surface area contributed by atoms with Crippen LogP contribution in [0.4, 0.5) is 5.69 Å². The average molecular weight is 368 g/mol. The van der Waals surface area contributed by atoms with Crippen LogP contribution in [0.5, 0.6) is 5.75 Å². The molecule has 0 bridgehead atoms. The van der Waals surface area contributed by atoms with Crippen molar-refractivity contribution in [3.63, 3.8) is 0 Å². The molecule has 2 heterocycles. The number of nitrogens with one attached hydrogen (secondary N) is 1. The molecule has 6 nitrogen and oxygen atoms in total. The molecule has 1 aliphatic rings. The Kier molecular flexibility index (Phi) is 5.03. The SMILES string of the molecule is O=C(O)COc1ccc(NC(=O)c2cc3c(s2)CCOC3)cc1Cl. The van der Waals surface area contributed by atoms with Gasteiger partial charge in [0.2, 0.25) is 0 Å². The normalized spacial score (nSPS) is 13.2. The molecule has 2 aromatic rings. The second-order valence-corrected chi connectivity index (χ2v) is 6.69. The molecule has 0 radical (unpaired) electrons. The molecule has 0 saturated carbocycles. The van der Waals surface area contributed by atoms with Crippen LogP contribution >= 0.6 is 22.9 Å². The molecule has 1 amide bonds. The molecule has 0 spiro atoms. The number of anilines is 1. The van der Waals surface area contributed by atoms with Crippen LogP contribution in [0, 0.1) is 0 Å². The van der Waals surface area contributed by atoms with Crippen LogP contribution in [0.1, 0.15) is 20.1 Å². The lowest BCUT2D eigenvalue weighted by Gasteiger charge is -2.10. The number of hydrogen-bond acceptors (Lipinski definition) is 5. The molecule has 0 atom stereocenters. The molecule has 2 N–H and O–H groups in total. The van der Waals surface area contributed by atoms with Crippen LogP contribution < -0.4 is 10.1 Å². The Morgan fingerprint density at radius 3 is 2.92 bits per heavy atom. The van der Waals surface area contributed by atoms with Gasteiger partial charge in [0.25, 0.3) is 5.91 Å². The number of carbonyl (C=O) groups is 2. The Morgan fingerprint density at radius 1 is 1.38 bits per heavy atom. The van der Waals surface area contributed by atoms with Crippen LogP contribution in [-0.2, 0) is 22.6 Å². The summed E-state index contributed by atoms with van der Waals surface area (Å²) < 4.78 is 10.4. The second kappa shape index (κ2) is 7.21. The number of amides is 1. The molecular formula is C16H14ClNO5S. The smallest absolute Gasteiger partial charge is 0.341 e. The van der Waals surface area contributed by atoms with Crippen molar-refractivity contribution in [3.05, 3.63) is 44.6 Å². The summed E-state index contributed by atoms with van der Waals surface area (Å²) in [5, 5.41) is 11.6. The fraction of sp³-hybridized carbons (Fsp3) is 0.250. The molecule has 0 fully saturated rings. The molecule has 0 unspecified atom stereocenters. The first-order valence-corrected chi connectivity index (χ1v) is 8.37. The van der Waals surface area contributed by atoms with Crippen LogP contribution in [-0.4, -0.2) is 30.2 Å². The lowest BCUT2D eigenvalue weighted by molar-refractivity contribution is -0.139. The minimum atomic E-state index is -1.09. The summed E-state index contributed by atoms with van der Waals surface area (Å²) >= 11 is 7.51. The Labute approximate surface area is 147 Å². The van der Waals surface area contributed by atoms with E-state index in [4.69, 9.17) is 26.2 Å². The number of fused-ring (bicyclic) bond motifs is 1. The summed E-state index contributed by atoms with van der Waals surface area (Å²) in [5.41, 5.74) is 1.57. The molecule has 0 aliphatic carbocycles. The molecule has 1 aliphatic heterocycles. The van der Waals surface area contributed by atoms with Gasteiger partial charge in [-0.2, -0.15) is 0 Å². The fourth-order valence-corrected chi connectivity index (χ4v) is 3.57. The average Bonchev–Trinajstić information content (AvgIpc) is 2.98. The Balaban J connectivity index is 1.69. The number of ether oxygens (including phenoxy) is 2. The first kappa shape index (κ1) is 16.8. The van der Waals surface area contributed by atoms with Crippen molar-refractivity contribution in [1.29, 1.82) is 0 Å². The molecule has 126 valence electrons. The number of benzene rings is 1. The van der Waals surface area contributed by atoms with Crippen LogP contribution in [0.15, 0.2) is 24.3 Å². The van der Waals surface area contributed by atoms with E-state index >= 15 is 0 Å². The van der Waals surface area contributed by atoms with Gasteiger partial charge < -0.3 is 19.9 Å². The number of carboxylic acid groups (broad SMARTS) is 1. The van der Waals surface area contributed by atoms with Crippen molar-refractivity contribution < 1.29 is 24.2 Å². The summed E-state index contributed by atoms with van der Waals surface area (Å²) in [6.45, 7) is 0.747. The lowest BCUT2D eigenvalue weighted by Crippen LogP contribution is -2.11. The number of aliphatic carboxylic acids is 1. The molecule has 8 heteroatoms.